The number of benzene rings is 1. The third-order valence-corrected chi connectivity index (χ3v) is 4.39. The van der Waals surface area contributed by atoms with Crippen molar-refractivity contribution in [1.29, 1.82) is 0 Å². The van der Waals surface area contributed by atoms with Crippen LogP contribution in [0.15, 0.2) is 30.3 Å². The van der Waals surface area contributed by atoms with Gasteiger partial charge in [0.2, 0.25) is 5.91 Å². The number of hydrogen-bond donors (Lipinski definition) is 0. The van der Waals surface area contributed by atoms with Gasteiger partial charge in [-0.05, 0) is 31.7 Å². The number of likely N-dealkylation sites (N-methyl/N-ethyl adjacent to an activating group) is 1. The molecule has 2 nitrogen and oxygen atoms in total. The van der Waals surface area contributed by atoms with Crippen LogP contribution >= 0.6 is 11.6 Å². The number of carbonyl (C=O) groups excluding carboxylic acids is 1. The minimum Gasteiger partial charge on any atom is -0.342 e. The maximum Gasteiger partial charge on any atom is 0.233 e. The molecule has 0 N–H and O–H groups in total. The van der Waals surface area contributed by atoms with E-state index in [1.165, 1.54) is 0 Å². The molecule has 1 aromatic carbocycles. The summed E-state index contributed by atoms with van der Waals surface area (Å²) in [7, 11) is 0. The highest BCUT2D eigenvalue weighted by Gasteiger charge is 2.61. The molecule has 0 saturated heterocycles. The Morgan fingerprint density at radius 3 is 2.39 bits per heavy atom. The summed E-state index contributed by atoms with van der Waals surface area (Å²) >= 11 is 6.00. The third kappa shape index (κ3) is 2.03. The van der Waals surface area contributed by atoms with Crippen molar-refractivity contribution in [3.8, 4) is 0 Å². The molecule has 0 spiro atoms. The van der Waals surface area contributed by atoms with E-state index in [4.69, 9.17) is 11.6 Å². The maximum atomic E-state index is 12.7. The molecule has 98 valence electrons. The Bertz CT molecular complexity index is 416. The second-order valence-electron chi connectivity index (χ2n) is 4.87. The predicted molar refractivity (Wildman–Crippen MR) is 74.9 cm³/mol. The van der Waals surface area contributed by atoms with Crippen LogP contribution in [0.25, 0.3) is 0 Å². The molecular formula is C15H20ClNO. The van der Waals surface area contributed by atoms with Gasteiger partial charge < -0.3 is 4.90 Å². The van der Waals surface area contributed by atoms with E-state index in [0.717, 1.165) is 25.1 Å². The summed E-state index contributed by atoms with van der Waals surface area (Å²) in [6.07, 6.45) is 0.885. The van der Waals surface area contributed by atoms with Crippen LogP contribution in [0.4, 0.5) is 0 Å². The zero-order valence-electron chi connectivity index (χ0n) is 11.0. The van der Waals surface area contributed by atoms with Gasteiger partial charge in [-0.3, -0.25) is 4.79 Å². The van der Waals surface area contributed by atoms with Crippen LogP contribution in [0.3, 0.4) is 0 Å². The molecule has 1 amide bonds. The smallest absolute Gasteiger partial charge is 0.233 e. The van der Waals surface area contributed by atoms with E-state index in [0.29, 0.717) is 5.88 Å². The van der Waals surface area contributed by atoms with Crippen LogP contribution in [0.1, 0.15) is 25.8 Å². The van der Waals surface area contributed by atoms with Crippen molar-refractivity contribution in [3.63, 3.8) is 0 Å². The van der Waals surface area contributed by atoms with Gasteiger partial charge in [0.15, 0.2) is 0 Å². The summed E-state index contributed by atoms with van der Waals surface area (Å²) in [5.41, 5.74) is 0.766. The van der Waals surface area contributed by atoms with Crippen molar-refractivity contribution < 1.29 is 4.79 Å². The second kappa shape index (κ2) is 5.31. The fourth-order valence-electron chi connectivity index (χ4n) is 2.78. The fraction of sp³-hybridized carbons (Fsp3) is 0.533. The van der Waals surface area contributed by atoms with Gasteiger partial charge in [-0.2, -0.15) is 0 Å². The zero-order chi connectivity index (χ0) is 13.2. The first kappa shape index (κ1) is 13.4. The molecule has 0 aromatic heterocycles. The summed E-state index contributed by atoms with van der Waals surface area (Å²) in [6, 6.07) is 10.1. The summed E-state index contributed by atoms with van der Waals surface area (Å²) in [5.74, 6) is 1.08. The van der Waals surface area contributed by atoms with Gasteiger partial charge in [-0.15, -0.1) is 11.6 Å². The number of amides is 1. The van der Waals surface area contributed by atoms with E-state index in [1.54, 1.807) is 0 Å². The highest BCUT2D eigenvalue weighted by Crippen LogP contribution is 2.55. The van der Waals surface area contributed by atoms with Crippen LogP contribution in [0, 0.1) is 5.92 Å². The van der Waals surface area contributed by atoms with E-state index in [9.17, 15) is 4.79 Å². The van der Waals surface area contributed by atoms with Crippen molar-refractivity contribution in [2.75, 3.05) is 19.0 Å². The molecule has 1 saturated carbocycles. The molecule has 3 heteroatoms. The summed E-state index contributed by atoms with van der Waals surface area (Å²) in [4.78, 5) is 14.6. The first-order valence-electron chi connectivity index (χ1n) is 6.61. The van der Waals surface area contributed by atoms with Crippen LogP contribution in [-0.2, 0) is 10.2 Å². The largest absolute Gasteiger partial charge is 0.342 e. The quantitative estimate of drug-likeness (QED) is 0.750. The lowest BCUT2D eigenvalue weighted by atomic mass is 9.92. The fourth-order valence-corrected chi connectivity index (χ4v) is 3.16. The van der Waals surface area contributed by atoms with Crippen LogP contribution in [0.2, 0.25) is 0 Å². The van der Waals surface area contributed by atoms with Crippen molar-refractivity contribution in [2.24, 2.45) is 5.92 Å². The number of hydrogen-bond acceptors (Lipinski definition) is 1. The predicted octanol–water partition coefficient (Wildman–Crippen LogP) is 3.05. The van der Waals surface area contributed by atoms with E-state index in [1.807, 2.05) is 49.1 Å². The van der Waals surface area contributed by atoms with E-state index >= 15 is 0 Å². The molecule has 1 fully saturated rings. The molecule has 2 atom stereocenters. The normalized spacial score (nSPS) is 25.8. The van der Waals surface area contributed by atoms with Crippen molar-refractivity contribution in [2.45, 2.75) is 25.7 Å². The van der Waals surface area contributed by atoms with Crippen molar-refractivity contribution >= 4 is 17.5 Å². The van der Waals surface area contributed by atoms with Gasteiger partial charge >= 0.3 is 0 Å². The highest BCUT2D eigenvalue weighted by molar-refractivity contribution is 6.18. The molecule has 1 aromatic rings. The number of alkyl halides is 1. The molecule has 0 aliphatic heterocycles. The topological polar surface area (TPSA) is 20.3 Å². The molecule has 2 rings (SSSR count). The molecule has 1 aliphatic rings. The summed E-state index contributed by atoms with van der Waals surface area (Å²) in [5, 5.41) is 0. The molecule has 0 bridgehead atoms. The molecule has 1 unspecified atom stereocenters. The monoisotopic (exact) mass is 265 g/mol. The van der Waals surface area contributed by atoms with Gasteiger partial charge in [0, 0.05) is 19.0 Å². The second-order valence-corrected chi connectivity index (χ2v) is 5.18. The Morgan fingerprint density at radius 2 is 1.94 bits per heavy atom. The van der Waals surface area contributed by atoms with Crippen molar-refractivity contribution in [1.82, 2.24) is 4.90 Å². The first-order valence-corrected chi connectivity index (χ1v) is 7.15. The number of halogens is 1. The number of rotatable bonds is 5. The third-order valence-electron chi connectivity index (χ3n) is 4.01. The van der Waals surface area contributed by atoms with Crippen LogP contribution in [0.5, 0.6) is 0 Å². The summed E-state index contributed by atoms with van der Waals surface area (Å²) < 4.78 is 0. The van der Waals surface area contributed by atoms with Gasteiger partial charge in [0.25, 0.3) is 0 Å². The average Bonchev–Trinajstić information content (AvgIpc) is 3.17. The van der Waals surface area contributed by atoms with Gasteiger partial charge in [0.05, 0.1) is 5.41 Å². The molecule has 1 aliphatic carbocycles. The minimum atomic E-state index is -0.352. The lowest BCUT2D eigenvalue weighted by Crippen LogP contribution is -2.40. The van der Waals surface area contributed by atoms with Crippen LogP contribution in [-0.4, -0.2) is 29.8 Å². The summed E-state index contributed by atoms with van der Waals surface area (Å²) in [6.45, 7) is 5.58. The van der Waals surface area contributed by atoms with Crippen molar-refractivity contribution in [3.05, 3.63) is 35.9 Å². The number of nitrogens with zero attached hydrogens (tertiary/aromatic N) is 1. The Morgan fingerprint density at radius 1 is 1.33 bits per heavy atom. The Balaban J connectivity index is 2.32. The van der Waals surface area contributed by atoms with E-state index in [-0.39, 0.29) is 17.2 Å². The highest BCUT2D eigenvalue weighted by atomic mass is 35.5. The first-order chi connectivity index (χ1) is 8.70. The zero-order valence-corrected chi connectivity index (χ0v) is 11.8. The van der Waals surface area contributed by atoms with Gasteiger partial charge in [0.1, 0.15) is 0 Å². The lowest BCUT2D eigenvalue weighted by molar-refractivity contribution is -0.133. The Labute approximate surface area is 114 Å². The van der Waals surface area contributed by atoms with E-state index < -0.39 is 0 Å². The molecule has 0 heterocycles. The molecule has 18 heavy (non-hydrogen) atoms. The standard InChI is InChI=1S/C15H20ClNO/c1-3-17(4-2)14(18)15(10-13(15)11-16)12-8-6-5-7-9-12/h5-9,13H,3-4,10-11H2,1-2H3/t13?,15-/m1/s1. The molecular weight excluding hydrogens is 246 g/mol. The lowest BCUT2D eigenvalue weighted by Gasteiger charge is -2.26. The Hall–Kier alpha value is -1.02. The van der Waals surface area contributed by atoms with Gasteiger partial charge in [-0.1, -0.05) is 30.3 Å². The average molecular weight is 266 g/mol. The van der Waals surface area contributed by atoms with E-state index in [2.05, 4.69) is 0 Å². The molecule has 0 radical (unpaired) electrons. The minimum absolute atomic E-state index is 0.240. The van der Waals surface area contributed by atoms with Gasteiger partial charge in [-0.25, -0.2) is 0 Å². The maximum absolute atomic E-state index is 12.7. The number of carbonyl (C=O) groups is 1. The Kier molecular flexibility index (Phi) is 3.96. The SMILES string of the molecule is CCN(CC)C(=O)[C@@]1(c2ccccc2)CC1CCl. The van der Waals surface area contributed by atoms with Crippen LogP contribution < -0.4 is 0 Å².